The third kappa shape index (κ3) is 2.60. The Morgan fingerprint density at radius 2 is 2.20 bits per heavy atom. The van der Waals surface area contributed by atoms with Crippen molar-refractivity contribution in [2.45, 2.75) is 18.6 Å². The zero-order valence-electron chi connectivity index (χ0n) is 8.61. The number of carboxylic acid groups (broad SMARTS) is 1. The third-order valence-electron chi connectivity index (χ3n) is 2.00. The minimum absolute atomic E-state index is 0.0585. The van der Waals surface area contributed by atoms with Crippen molar-refractivity contribution in [3.63, 3.8) is 0 Å². The maximum absolute atomic E-state index is 10.8. The van der Waals surface area contributed by atoms with Crippen LogP contribution < -0.4 is 0 Å². The number of rotatable bonds is 3. The van der Waals surface area contributed by atoms with E-state index in [0.717, 1.165) is 0 Å². The molecular weight excluding hydrogens is 236 g/mol. The van der Waals surface area contributed by atoms with Crippen LogP contribution in [-0.2, 0) is 4.75 Å². The minimum Gasteiger partial charge on any atom is -0.476 e. The molecule has 0 bridgehead atoms. The van der Waals surface area contributed by atoms with Crippen LogP contribution in [0.25, 0.3) is 0 Å². The number of halogens is 1. The van der Waals surface area contributed by atoms with Crippen molar-refractivity contribution in [2.75, 3.05) is 6.26 Å². The topological polar surface area (TPSA) is 63.1 Å². The van der Waals surface area contributed by atoms with Gasteiger partial charge in [-0.1, -0.05) is 11.6 Å². The molecule has 0 aliphatic carbocycles. The molecule has 0 amide bonds. The van der Waals surface area contributed by atoms with Crippen LogP contribution in [0.15, 0.2) is 6.20 Å². The van der Waals surface area contributed by atoms with Crippen LogP contribution in [0.3, 0.4) is 0 Å². The minimum atomic E-state index is -1.14. The van der Waals surface area contributed by atoms with Crippen LogP contribution in [-0.4, -0.2) is 27.3 Å². The predicted octanol–water partition coefficient (Wildman–Crippen LogP) is 2.43. The fourth-order valence-electron chi connectivity index (χ4n) is 0.898. The maximum atomic E-state index is 10.8. The second kappa shape index (κ2) is 4.37. The highest BCUT2D eigenvalue weighted by atomic mass is 35.5. The van der Waals surface area contributed by atoms with Crippen molar-refractivity contribution in [1.82, 2.24) is 9.97 Å². The number of carboxylic acids is 1. The van der Waals surface area contributed by atoms with Crippen molar-refractivity contribution >= 4 is 29.3 Å². The van der Waals surface area contributed by atoms with Gasteiger partial charge in [-0.25, -0.2) is 14.8 Å². The first-order chi connectivity index (χ1) is 6.88. The number of hydrogen-bond acceptors (Lipinski definition) is 4. The van der Waals surface area contributed by atoms with Gasteiger partial charge in [0.2, 0.25) is 0 Å². The van der Waals surface area contributed by atoms with Gasteiger partial charge >= 0.3 is 5.97 Å². The fourth-order valence-corrected chi connectivity index (χ4v) is 1.35. The lowest BCUT2D eigenvalue weighted by molar-refractivity contribution is 0.0690. The van der Waals surface area contributed by atoms with Crippen LogP contribution in [0.2, 0.25) is 5.02 Å². The molecule has 0 aliphatic heterocycles. The molecule has 82 valence electrons. The van der Waals surface area contributed by atoms with Crippen molar-refractivity contribution in [2.24, 2.45) is 0 Å². The Bertz CT molecular complexity index is 396. The molecule has 1 aromatic heterocycles. The largest absolute Gasteiger partial charge is 0.476 e. The molecule has 15 heavy (non-hydrogen) atoms. The zero-order valence-corrected chi connectivity index (χ0v) is 10.2. The second-order valence-corrected chi connectivity index (χ2v) is 5.25. The first-order valence-corrected chi connectivity index (χ1v) is 5.80. The van der Waals surface area contributed by atoms with E-state index in [9.17, 15) is 4.79 Å². The number of hydrogen-bond donors (Lipinski definition) is 1. The average molecular weight is 247 g/mol. The lowest BCUT2D eigenvalue weighted by Gasteiger charge is -2.20. The monoisotopic (exact) mass is 246 g/mol. The summed E-state index contributed by atoms with van der Waals surface area (Å²) in [4.78, 5) is 18.8. The highest BCUT2D eigenvalue weighted by Crippen LogP contribution is 2.31. The van der Waals surface area contributed by atoms with Crippen LogP contribution >= 0.6 is 23.4 Å². The molecule has 0 unspecified atom stereocenters. The normalized spacial score (nSPS) is 11.5. The molecule has 0 fully saturated rings. The molecule has 6 heteroatoms. The summed E-state index contributed by atoms with van der Waals surface area (Å²) in [6.45, 7) is 3.85. The van der Waals surface area contributed by atoms with Crippen LogP contribution in [0.5, 0.6) is 0 Å². The van der Waals surface area contributed by atoms with Gasteiger partial charge in [-0.2, -0.15) is 11.8 Å². The van der Waals surface area contributed by atoms with Crippen LogP contribution in [0.1, 0.15) is 30.2 Å². The van der Waals surface area contributed by atoms with Gasteiger partial charge in [0.15, 0.2) is 5.69 Å². The van der Waals surface area contributed by atoms with Crippen LogP contribution in [0.4, 0.5) is 0 Å². The van der Waals surface area contributed by atoms with Gasteiger partial charge in [0.05, 0.1) is 16.0 Å². The summed E-state index contributed by atoms with van der Waals surface area (Å²) in [6.07, 6.45) is 3.24. The average Bonchev–Trinajstić information content (AvgIpc) is 2.17. The Morgan fingerprint density at radius 1 is 1.60 bits per heavy atom. The van der Waals surface area contributed by atoms with Gasteiger partial charge < -0.3 is 5.11 Å². The van der Waals surface area contributed by atoms with Gasteiger partial charge in [0.1, 0.15) is 5.82 Å². The third-order valence-corrected chi connectivity index (χ3v) is 3.48. The van der Waals surface area contributed by atoms with E-state index in [1.54, 1.807) is 11.8 Å². The van der Waals surface area contributed by atoms with Crippen molar-refractivity contribution in [3.8, 4) is 0 Å². The Hall–Kier alpha value is -0.810. The molecular formula is C9H11ClN2O2S. The molecule has 0 atom stereocenters. The lowest BCUT2D eigenvalue weighted by atomic mass is 10.2. The Morgan fingerprint density at radius 3 is 2.67 bits per heavy atom. The van der Waals surface area contributed by atoms with E-state index in [4.69, 9.17) is 16.7 Å². The fraction of sp³-hybridized carbons (Fsp3) is 0.444. The zero-order chi connectivity index (χ0) is 11.6. The molecule has 1 aromatic rings. The highest BCUT2D eigenvalue weighted by Gasteiger charge is 2.24. The predicted molar refractivity (Wildman–Crippen MR) is 60.5 cm³/mol. The van der Waals surface area contributed by atoms with Gasteiger partial charge in [0.25, 0.3) is 0 Å². The molecule has 4 nitrogen and oxygen atoms in total. The van der Waals surface area contributed by atoms with E-state index in [1.165, 1.54) is 6.20 Å². The van der Waals surface area contributed by atoms with E-state index < -0.39 is 5.97 Å². The van der Waals surface area contributed by atoms with E-state index >= 15 is 0 Å². The van der Waals surface area contributed by atoms with Crippen molar-refractivity contribution in [1.29, 1.82) is 0 Å². The summed E-state index contributed by atoms with van der Waals surface area (Å²) in [6, 6.07) is 0. The molecule has 0 spiro atoms. The molecule has 1 N–H and O–H groups in total. The molecule has 1 rings (SSSR count). The quantitative estimate of drug-likeness (QED) is 0.888. The number of aromatic nitrogens is 2. The summed E-state index contributed by atoms with van der Waals surface area (Å²) in [5, 5.41) is 8.91. The first-order valence-electron chi connectivity index (χ1n) is 4.20. The number of aromatic carboxylic acids is 1. The Kier molecular flexibility index (Phi) is 3.57. The van der Waals surface area contributed by atoms with E-state index in [0.29, 0.717) is 5.82 Å². The summed E-state index contributed by atoms with van der Waals surface area (Å²) in [5.41, 5.74) is -0.149. The van der Waals surface area contributed by atoms with Gasteiger partial charge in [-0.05, 0) is 20.1 Å². The van der Waals surface area contributed by atoms with Crippen LogP contribution in [0, 0.1) is 0 Å². The van der Waals surface area contributed by atoms with E-state index in [1.807, 2.05) is 20.1 Å². The molecule has 0 saturated heterocycles. The summed E-state index contributed by atoms with van der Waals surface area (Å²) < 4.78 is -0.325. The number of carbonyl (C=O) groups is 1. The van der Waals surface area contributed by atoms with Gasteiger partial charge in [-0.15, -0.1) is 0 Å². The lowest BCUT2D eigenvalue weighted by Crippen LogP contribution is -2.18. The van der Waals surface area contributed by atoms with E-state index in [2.05, 4.69) is 9.97 Å². The Balaban J connectivity index is 3.25. The standard InChI is InChI=1S/C9H11ClN2O2S/c1-9(2,15-3)8-11-4-5(10)6(12-8)7(13)14/h4H,1-3H3,(H,13,14). The SMILES string of the molecule is CSC(C)(C)c1ncc(Cl)c(C(=O)O)n1. The number of thioether (sulfide) groups is 1. The highest BCUT2D eigenvalue weighted by molar-refractivity contribution is 7.99. The molecule has 0 radical (unpaired) electrons. The summed E-state index contributed by atoms with van der Waals surface area (Å²) in [7, 11) is 0. The number of nitrogens with zero attached hydrogens (tertiary/aromatic N) is 2. The molecule has 0 aromatic carbocycles. The smallest absolute Gasteiger partial charge is 0.356 e. The van der Waals surface area contributed by atoms with Gasteiger partial charge in [0, 0.05) is 0 Å². The maximum Gasteiger partial charge on any atom is 0.356 e. The summed E-state index contributed by atoms with van der Waals surface area (Å²) in [5.74, 6) is -0.669. The molecule has 0 aliphatic rings. The first kappa shape index (κ1) is 12.3. The molecule has 0 saturated carbocycles. The summed E-state index contributed by atoms with van der Waals surface area (Å²) >= 11 is 7.22. The molecule has 1 heterocycles. The Labute approximate surface area is 97.1 Å². The van der Waals surface area contributed by atoms with Gasteiger partial charge in [-0.3, -0.25) is 0 Å². The van der Waals surface area contributed by atoms with Crippen molar-refractivity contribution < 1.29 is 9.90 Å². The van der Waals surface area contributed by atoms with Crippen molar-refractivity contribution in [3.05, 3.63) is 22.7 Å². The second-order valence-electron chi connectivity index (χ2n) is 3.41. The van der Waals surface area contributed by atoms with E-state index in [-0.39, 0.29) is 15.5 Å².